The number of carbonyl (C=O) groups is 10. The predicted molar refractivity (Wildman–Crippen MR) is 251 cm³/mol. The number of Topliss-reactive ketones (excluding diaryl/α,β-unsaturated/α-hetero) is 1. The molecule has 0 saturated carbocycles. The molecule has 3 aliphatic heterocycles. The molecule has 3 saturated heterocycles. The van der Waals surface area contributed by atoms with E-state index in [1.165, 1.54) is 14.7 Å². The summed E-state index contributed by atoms with van der Waals surface area (Å²) in [4.78, 5) is 122. The maximum atomic E-state index is 12.2. The number of ketones is 1. The first-order valence-corrected chi connectivity index (χ1v) is 24.4. The summed E-state index contributed by atoms with van der Waals surface area (Å²) in [6.07, 6.45) is 6.15. The Morgan fingerprint density at radius 3 is 1.18 bits per heavy atom. The molecule has 376 valence electrons. The summed E-state index contributed by atoms with van der Waals surface area (Å²) in [7, 11) is 0. The van der Waals surface area contributed by atoms with Crippen LogP contribution in [-0.2, 0) is 52.7 Å². The van der Waals surface area contributed by atoms with Crippen LogP contribution in [0.15, 0.2) is 0 Å². The van der Waals surface area contributed by atoms with Gasteiger partial charge in [0.1, 0.15) is 5.78 Å². The third-order valence-corrected chi connectivity index (χ3v) is 11.5. The summed E-state index contributed by atoms with van der Waals surface area (Å²) in [6.45, 7) is 25.0. The van der Waals surface area contributed by atoms with Crippen molar-refractivity contribution in [1.29, 1.82) is 0 Å². The van der Waals surface area contributed by atoms with Crippen molar-refractivity contribution in [3.63, 3.8) is 0 Å². The first kappa shape index (κ1) is 59.5. The standard InChI is InChI=1S/C19H32N2O5.C16H28N2O3.C14H24N2O3/c1-13(2)16-12-18(24)21(19(16)25)9-7-15(22)6-5-10-26-11-8-17(23)20-14(3)4;1-11(2)13-10-15(20)18(16(13)21)9-7-5-6-8-14(19)17-12(3)4;1-9(2)11-8-13(18)16(14(11)19)7-5-6-12(17)15-10(3)4/h13-14,16H,5-12H2,1-4H3,(H,20,23);11-13H,5-10H2,1-4H3,(H,17,19);9-11H,5-8H2,1-4H3,(H,15,17). The Bertz CT molecular complexity index is 1640. The van der Waals surface area contributed by atoms with Crippen LogP contribution < -0.4 is 16.0 Å². The van der Waals surface area contributed by atoms with Crippen LogP contribution in [0.25, 0.3) is 0 Å². The third-order valence-electron chi connectivity index (χ3n) is 11.5. The number of likely N-dealkylation sites (tertiary alicyclic amines) is 3. The minimum Gasteiger partial charge on any atom is -0.381 e. The van der Waals surface area contributed by atoms with Gasteiger partial charge >= 0.3 is 0 Å². The molecule has 3 rings (SSSR count). The van der Waals surface area contributed by atoms with Crippen molar-refractivity contribution in [2.24, 2.45) is 35.5 Å². The predicted octanol–water partition coefficient (Wildman–Crippen LogP) is 5.11. The molecule has 3 atom stereocenters. The maximum absolute atomic E-state index is 12.2. The highest BCUT2D eigenvalue weighted by Crippen LogP contribution is 2.28. The summed E-state index contributed by atoms with van der Waals surface area (Å²) >= 11 is 0. The molecule has 3 N–H and O–H groups in total. The molecule has 17 heteroatoms. The molecule has 9 amide bonds. The second-order valence-corrected chi connectivity index (χ2v) is 19.7. The monoisotopic (exact) mass is 933 g/mol. The second-order valence-electron chi connectivity index (χ2n) is 19.7. The fourth-order valence-electron chi connectivity index (χ4n) is 7.71. The van der Waals surface area contributed by atoms with Crippen LogP contribution in [-0.4, -0.2) is 125 Å². The number of unbranched alkanes of at least 4 members (excludes halogenated alkanes) is 2. The van der Waals surface area contributed by atoms with Gasteiger partial charge in [0, 0.05) is 113 Å². The van der Waals surface area contributed by atoms with E-state index in [2.05, 4.69) is 16.0 Å². The molecule has 0 spiro atoms. The van der Waals surface area contributed by atoms with Crippen molar-refractivity contribution in [2.45, 2.75) is 185 Å². The molecule has 0 aromatic rings. The van der Waals surface area contributed by atoms with Crippen LogP contribution in [0, 0.1) is 35.5 Å². The lowest BCUT2D eigenvalue weighted by molar-refractivity contribution is -0.141. The Hall–Kier alpha value is -4.54. The molecule has 66 heavy (non-hydrogen) atoms. The molecule has 0 bridgehead atoms. The van der Waals surface area contributed by atoms with Gasteiger partial charge in [0.15, 0.2) is 0 Å². The van der Waals surface area contributed by atoms with Gasteiger partial charge in [-0.1, -0.05) is 48.0 Å². The van der Waals surface area contributed by atoms with E-state index in [4.69, 9.17) is 4.74 Å². The van der Waals surface area contributed by atoms with E-state index < -0.39 is 0 Å². The molecule has 0 aromatic carbocycles. The van der Waals surface area contributed by atoms with Crippen molar-refractivity contribution in [1.82, 2.24) is 30.7 Å². The van der Waals surface area contributed by atoms with Gasteiger partial charge < -0.3 is 20.7 Å². The summed E-state index contributed by atoms with van der Waals surface area (Å²) in [5, 5.41) is 8.42. The van der Waals surface area contributed by atoms with Crippen LogP contribution >= 0.6 is 0 Å². The fraction of sp³-hybridized carbons (Fsp3) is 0.796. The van der Waals surface area contributed by atoms with E-state index in [9.17, 15) is 47.9 Å². The van der Waals surface area contributed by atoms with Gasteiger partial charge in [-0.25, -0.2) is 0 Å². The molecular formula is C49H84N6O11. The SMILES string of the molecule is CC(C)NC(=O)CCCCCN1C(=O)CC(C(C)C)C1=O.CC(C)NC(=O)CCCN1C(=O)CC(C(C)C)C1=O.CC(C)NC(=O)CCOCCCC(=O)CCN1C(=O)CC(C(C)C)C1=O. The molecule has 0 aliphatic carbocycles. The summed E-state index contributed by atoms with van der Waals surface area (Å²) in [5.74, 6) is -0.622. The summed E-state index contributed by atoms with van der Waals surface area (Å²) < 4.78 is 5.36. The smallest absolute Gasteiger partial charge is 0.233 e. The van der Waals surface area contributed by atoms with E-state index in [0.29, 0.717) is 77.7 Å². The third kappa shape index (κ3) is 22.3. The number of nitrogens with zero attached hydrogens (tertiary/aromatic N) is 3. The van der Waals surface area contributed by atoms with Gasteiger partial charge in [-0.2, -0.15) is 0 Å². The lowest BCUT2D eigenvalue weighted by atomic mass is 9.94. The average molecular weight is 933 g/mol. The lowest BCUT2D eigenvalue weighted by Gasteiger charge is -2.16. The lowest BCUT2D eigenvalue weighted by Crippen LogP contribution is -2.34. The van der Waals surface area contributed by atoms with E-state index in [1.54, 1.807) is 0 Å². The fourth-order valence-corrected chi connectivity index (χ4v) is 7.71. The van der Waals surface area contributed by atoms with E-state index in [0.717, 1.165) is 19.3 Å². The summed E-state index contributed by atoms with van der Waals surface area (Å²) in [5.41, 5.74) is 0. The number of amides is 9. The Balaban J connectivity index is 0.000000502. The first-order valence-electron chi connectivity index (χ1n) is 24.4. The molecule has 0 radical (unpaired) electrons. The van der Waals surface area contributed by atoms with Crippen molar-refractivity contribution in [3.05, 3.63) is 0 Å². The number of hydrogen-bond donors (Lipinski definition) is 3. The van der Waals surface area contributed by atoms with Gasteiger partial charge in [0.05, 0.1) is 6.61 Å². The topological polar surface area (TPSA) is 226 Å². The number of imide groups is 3. The van der Waals surface area contributed by atoms with Gasteiger partial charge in [0.2, 0.25) is 53.2 Å². The van der Waals surface area contributed by atoms with Crippen LogP contribution in [0.2, 0.25) is 0 Å². The van der Waals surface area contributed by atoms with Crippen molar-refractivity contribution in [2.75, 3.05) is 32.8 Å². The molecule has 3 unspecified atom stereocenters. The molecule has 17 nitrogen and oxygen atoms in total. The van der Waals surface area contributed by atoms with E-state index >= 15 is 0 Å². The molecule has 3 fully saturated rings. The second kappa shape index (κ2) is 30.7. The Kier molecular flexibility index (Phi) is 27.7. The normalized spacial score (nSPS) is 18.6. The Labute approximate surface area is 394 Å². The van der Waals surface area contributed by atoms with Gasteiger partial charge in [0.25, 0.3) is 0 Å². The Morgan fingerprint density at radius 1 is 0.439 bits per heavy atom. The maximum Gasteiger partial charge on any atom is 0.233 e. The summed E-state index contributed by atoms with van der Waals surface area (Å²) in [6, 6.07) is 0.406. The highest BCUT2D eigenvalue weighted by Gasteiger charge is 2.41. The average Bonchev–Trinajstić information content (AvgIpc) is 3.78. The Morgan fingerprint density at radius 2 is 0.803 bits per heavy atom. The number of rotatable bonds is 26. The number of ether oxygens (including phenoxy) is 1. The quantitative estimate of drug-likeness (QED) is 0.0763. The minimum atomic E-state index is -0.251. The van der Waals surface area contributed by atoms with Crippen LogP contribution in [0.3, 0.4) is 0 Å². The highest BCUT2D eigenvalue weighted by molar-refractivity contribution is 6.05. The van der Waals surface area contributed by atoms with E-state index in [1.807, 2.05) is 83.1 Å². The number of hydrogen-bond acceptors (Lipinski definition) is 11. The van der Waals surface area contributed by atoms with Crippen LogP contribution in [0.5, 0.6) is 0 Å². The number of carbonyl (C=O) groups excluding carboxylic acids is 10. The minimum absolute atomic E-state index is 0.0137. The molecular weight excluding hydrogens is 849 g/mol. The van der Waals surface area contributed by atoms with Crippen molar-refractivity contribution >= 4 is 58.9 Å². The first-order chi connectivity index (χ1) is 30.9. The highest BCUT2D eigenvalue weighted by atomic mass is 16.5. The van der Waals surface area contributed by atoms with Crippen LogP contribution in [0.4, 0.5) is 0 Å². The van der Waals surface area contributed by atoms with Crippen molar-refractivity contribution < 1.29 is 52.7 Å². The molecule has 3 heterocycles. The van der Waals surface area contributed by atoms with Crippen LogP contribution in [0.1, 0.15) is 167 Å². The number of nitrogens with one attached hydrogen (secondary N) is 3. The molecule has 3 aliphatic rings. The van der Waals surface area contributed by atoms with Gasteiger partial charge in [-0.15, -0.1) is 0 Å². The van der Waals surface area contributed by atoms with Gasteiger partial charge in [-0.05, 0) is 85.0 Å². The zero-order chi connectivity index (χ0) is 50.3. The zero-order valence-electron chi connectivity index (χ0n) is 42.3. The molecule has 0 aromatic heterocycles. The van der Waals surface area contributed by atoms with Crippen molar-refractivity contribution in [3.8, 4) is 0 Å². The van der Waals surface area contributed by atoms with E-state index in [-0.39, 0.29) is 132 Å². The largest absolute Gasteiger partial charge is 0.381 e. The van der Waals surface area contributed by atoms with Gasteiger partial charge in [-0.3, -0.25) is 62.6 Å². The zero-order valence-corrected chi connectivity index (χ0v) is 42.3.